The van der Waals surface area contributed by atoms with Gasteiger partial charge in [-0.15, -0.1) is 0 Å². The minimum Gasteiger partial charge on any atom is -0.384 e. The zero-order valence-electron chi connectivity index (χ0n) is 12.7. The summed E-state index contributed by atoms with van der Waals surface area (Å²) >= 11 is 0. The first-order valence-electron chi connectivity index (χ1n) is 7.17. The van der Waals surface area contributed by atoms with Gasteiger partial charge in [0.2, 0.25) is 0 Å². The minimum absolute atomic E-state index is 0.176. The molecule has 0 spiro atoms. The van der Waals surface area contributed by atoms with E-state index in [4.69, 9.17) is 0 Å². The fourth-order valence-corrected chi connectivity index (χ4v) is 2.08. The molecule has 2 aromatic rings. The number of carbonyl (C=O) groups is 1. The lowest BCUT2D eigenvalue weighted by Gasteiger charge is -2.10. The van der Waals surface area contributed by atoms with Crippen molar-refractivity contribution in [2.24, 2.45) is 7.05 Å². The second kappa shape index (κ2) is 6.88. The second-order valence-corrected chi connectivity index (χ2v) is 4.82. The molecular formula is C15H21N5O. The Bertz CT molecular complexity index is 620. The number of hydrogen-bond acceptors (Lipinski definition) is 4. The number of aryl methyl sites for hydroxylation is 2. The number of anilines is 2. The Morgan fingerprint density at radius 2 is 2.14 bits per heavy atom. The van der Waals surface area contributed by atoms with E-state index in [-0.39, 0.29) is 5.91 Å². The Hall–Kier alpha value is -2.37. The number of amides is 1. The minimum atomic E-state index is -0.176. The smallest absolute Gasteiger partial charge is 0.259 e. The van der Waals surface area contributed by atoms with Gasteiger partial charge in [0, 0.05) is 32.2 Å². The van der Waals surface area contributed by atoms with Gasteiger partial charge in [-0.05, 0) is 18.9 Å². The van der Waals surface area contributed by atoms with E-state index in [1.807, 2.05) is 26.2 Å². The van der Waals surface area contributed by atoms with Crippen molar-refractivity contribution in [1.29, 1.82) is 0 Å². The van der Waals surface area contributed by atoms with E-state index in [1.54, 1.807) is 17.1 Å². The molecule has 6 heteroatoms. The average Bonchev–Trinajstić information content (AvgIpc) is 2.85. The van der Waals surface area contributed by atoms with Crippen molar-refractivity contribution in [3.63, 3.8) is 0 Å². The number of nitrogens with zero attached hydrogens (tertiary/aromatic N) is 3. The van der Waals surface area contributed by atoms with Gasteiger partial charge in [-0.2, -0.15) is 5.10 Å². The largest absolute Gasteiger partial charge is 0.384 e. The van der Waals surface area contributed by atoms with Crippen LogP contribution in [0, 0.1) is 0 Å². The number of aromatic nitrogens is 3. The molecule has 0 saturated carbocycles. The number of carbonyl (C=O) groups excluding carboxylic acids is 1. The summed E-state index contributed by atoms with van der Waals surface area (Å²) in [7, 11) is 1.84. The van der Waals surface area contributed by atoms with Crippen molar-refractivity contribution in [3.8, 4) is 0 Å². The third-order valence-corrected chi connectivity index (χ3v) is 3.12. The molecule has 0 aromatic carbocycles. The first-order valence-corrected chi connectivity index (χ1v) is 7.17. The van der Waals surface area contributed by atoms with Crippen molar-refractivity contribution >= 4 is 17.3 Å². The maximum Gasteiger partial charge on any atom is 0.259 e. The number of pyridine rings is 1. The lowest BCUT2D eigenvalue weighted by atomic mass is 10.2. The van der Waals surface area contributed by atoms with Crippen LogP contribution in [0.2, 0.25) is 0 Å². The van der Waals surface area contributed by atoms with Crippen LogP contribution in [0.25, 0.3) is 0 Å². The maximum atomic E-state index is 12.4. The van der Waals surface area contributed by atoms with Crippen LogP contribution in [0.1, 0.15) is 36.3 Å². The van der Waals surface area contributed by atoms with E-state index in [1.165, 1.54) is 0 Å². The molecule has 1 amide bonds. The quantitative estimate of drug-likeness (QED) is 0.856. The van der Waals surface area contributed by atoms with Gasteiger partial charge in [0.1, 0.15) is 0 Å². The molecule has 0 radical (unpaired) electrons. The van der Waals surface area contributed by atoms with Crippen molar-refractivity contribution < 1.29 is 4.79 Å². The van der Waals surface area contributed by atoms with Crippen molar-refractivity contribution in [2.75, 3.05) is 17.2 Å². The Labute approximate surface area is 124 Å². The summed E-state index contributed by atoms with van der Waals surface area (Å²) in [6.45, 7) is 4.91. The lowest BCUT2D eigenvalue weighted by Crippen LogP contribution is -2.16. The Morgan fingerprint density at radius 3 is 2.86 bits per heavy atom. The first-order chi connectivity index (χ1) is 10.2. The Balaban J connectivity index is 2.20. The fourth-order valence-electron chi connectivity index (χ4n) is 2.08. The van der Waals surface area contributed by atoms with Gasteiger partial charge in [-0.1, -0.05) is 13.8 Å². The predicted octanol–water partition coefficient (Wildman–Crippen LogP) is 2.45. The summed E-state index contributed by atoms with van der Waals surface area (Å²) in [6.07, 6.45) is 6.83. The third kappa shape index (κ3) is 3.59. The molecule has 0 fully saturated rings. The lowest BCUT2D eigenvalue weighted by molar-refractivity contribution is 0.102. The monoisotopic (exact) mass is 287 g/mol. The SMILES string of the molecule is CCCNc1ccncc1C(=O)Nc1cn(C)nc1CC. The molecule has 112 valence electrons. The molecule has 6 nitrogen and oxygen atoms in total. The van der Waals surface area contributed by atoms with Crippen LogP contribution in [0.5, 0.6) is 0 Å². The van der Waals surface area contributed by atoms with Gasteiger partial charge in [0.25, 0.3) is 5.91 Å². The van der Waals surface area contributed by atoms with Crippen molar-refractivity contribution in [1.82, 2.24) is 14.8 Å². The molecule has 2 rings (SSSR count). The van der Waals surface area contributed by atoms with Crippen molar-refractivity contribution in [2.45, 2.75) is 26.7 Å². The van der Waals surface area contributed by atoms with E-state index in [0.29, 0.717) is 5.56 Å². The van der Waals surface area contributed by atoms with Gasteiger partial charge in [-0.25, -0.2) is 0 Å². The van der Waals surface area contributed by atoms with Gasteiger partial charge >= 0.3 is 0 Å². The summed E-state index contributed by atoms with van der Waals surface area (Å²) in [5, 5.41) is 10.5. The Morgan fingerprint density at radius 1 is 1.33 bits per heavy atom. The molecular weight excluding hydrogens is 266 g/mol. The molecule has 0 aliphatic carbocycles. The van der Waals surface area contributed by atoms with Crippen LogP contribution in [0.15, 0.2) is 24.7 Å². The van der Waals surface area contributed by atoms with E-state index in [0.717, 1.165) is 36.5 Å². The standard InChI is InChI=1S/C15H21N5O/c1-4-7-17-13-6-8-16-9-11(13)15(21)18-14-10-20(3)19-12(14)5-2/h6,8-10H,4-5,7H2,1-3H3,(H,16,17)(H,18,21). The molecule has 0 aliphatic rings. The summed E-state index contributed by atoms with van der Waals surface area (Å²) < 4.78 is 1.70. The second-order valence-electron chi connectivity index (χ2n) is 4.82. The third-order valence-electron chi connectivity index (χ3n) is 3.12. The molecule has 0 saturated heterocycles. The Kier molecular flexibility index (Phi) is 4.92. The van der Waals surface area contributed by atoms with Gasteiger partial charge < -0.3 is 10.6 Å². The van der Waals surface area contributed by atoms with E-state index in [9.17, 15) is 4.79 Å². The molecule has 2 aromatic heterocycles. The summed E-state index contributed by atoms with van der Waals surface area (Å²) in [6, 6.07) is 1.81. The molecule has 21 heavy (non-hydrogen) atoms. The van der Waals surface area contributed by atoms with Crippen LogP contribution in [0.4, 0.5) is 11.4 Å². The zero-order valence-corrected chi connectivity index (χ0v) is 12.7. The number of rotatable bonds is 6. The van der Waals surface area contributed by atoms with E-state index >= 15 is 0 Å². The van der Waals surface area contributed by atoms with Crippen LogP contribution in [-0.2, 0) is 13.5 Å². The zero-order chi connectivity index (χ0) is 15.2. The highest BCUT2D eigenvalue weighted by Gasteiger charge is 2.14. The molecule has 2 heterocycles. The summed E-state index contributed by atoms with van der Waals surface area (Å²) in [5.41, 5.74) is 2.95. The average molecular weight is 287 g/mol. The number of hydrogen-bond donors (Lipinski definition) is 2. The maximum absolute atomic E-state index is 12.4. The predicted molar refractivity (Wildman–Crippen MR) is 83.6 cm³/mol. The highest BCUT2D eigenvalue weighted by atomic mass is 16.1. The van der Waals surface area contributed by atoms with Crippen LogP contribution < -0.4 is 10.6 Å². The van der Waals surface area contributed by atoms with Crippen molar-refractivity contribution in [3.05, 3.63) is 35.9 Å². The molecule has 0 bridgehead atoms. The molecule has 0 atom stereocenters. The van der Waals surface area contributed by atoms with Gasteiger partial charge in [0.05, 0.1) is 22.6 Å². The topological polar surface area (TPSA) is 71.8 Å². The highest BCUT2D eigenvalue weighted by Crippen LogP contribution is 2.18. The summed E-state index contributed by atoms with van der Waals surface area (Å²) in [4.78, 5) is 16.5. The summed E-state index contributed by atoms with van der Waals surface area (Å²) in [5.74, 6) is -0.176. The molecule has 0 aliphatic heterocycles. The highest BCUT2D eigenvalue weighted by molar-refractivity contribution is 6.08. The van der Waals surface area contributed by atoms with Gasteiger partial charge in [-0.3, -0.25) is 14.5 Å². The van der Waals surface area contributed by atoms with E-state index in [2.05, 4.69) is 27.6 Å². The van der Waals surface area contributed by atoms with Gasteiger partial charge in [0.15, 0.2) is 0 Å². The first kappa shape index (κ1) is 15.0. The molecule has 2 N–H and O–H groups in total. The van der Waals surface area contributed by atoms with Crippen LogP contribution >= 0.6 is 0 Å². The van der Waals surface area contributed by atoms with Crippen LogP contribution in [0.3, 0.4) is 0 Å². The normalized spacial score (nSPS) is 10.4. The molecule has 0 unspecified atom stereocenters. The fraction of sp³-hybridized carbons (Fsp3) is 0.400. The number of nitrogens with one attached hydrogen (secondary N) is 2. The van der Waals surface area contributed by atoms with E-state index < -0.39 is 0 Å². The van der Waals surface area contributed by atoms with Crippen LogP contribution in [-0.4, -0.2) is 27.2 Å².